The lowest BCUT2D eigenvalue weighted by Gasteiger charge is -2.23. The number of halogens is 1. The smallest absolute Gasteiger partial charge is 0.330 e. The lowest BCUT2D eigenvalue weighted by atomic mass is 10.0. The Bertz CT molecular complexity index is 289. The predicted molar refractivity (Wildman–Crippen MR) is 71.7 cm³/mol. The largest absolute Gasteiger partial charge is 0.467 e. The van der Waals surface area contributed by atoms with Gasteiger partial charge in [-0.1, -0.05) is 0 Å². The summed E-state index contributed by atoms with van der Waals surface area (Å²) in [5.74, 6) is 0.0719. The van der Waals surface area contributed by atoms with Gasteiger partial charge in [-0.25, -0.2) is 4.79 Å². The number of nitrogens with one attached hydrogen (secondary N) is 2. The summed E-state index contributed by atoms with van der Waals surface area (Å²) in [6.07, 6.45) is 2.47. The molecule has 18 heavy (non-hydrogen) atoms. The third-order valence-corrected chi connectivity index (χ3v) is 3.09. The monoisotopic (exact) mass is 278 g/mol. The van der Waals surface area contributed by atoms with Crippen LogP contribution in [-0.4, -0.2) is 37.6 Å². The second-order valence-corrected chi connectivity index (χ2v) is 5.06. The maximum atomic E-state index is 11.7. The number of hydrogen-bond acceptors (Lipinski definition) is 4. The van der Waals surface area contributed by atoms with Gasteiger partial charge in [0.05, 0.1) is 7.11 Å². The Morgan fingerprint density at radius 3 is 2.61 bits per heavy atom. The van der Waals surface area contributed by atoms with Gasteiger partial charge in [-0.05, 0) is 45.7 Å². The van der Waals surface area contributed by atoms with Crippen LogP contribution in [0, 0.1) is 5.92 Å². The van der Waals surface area contributed by atoms with Crippen LogP contribution in [0.3, 0.4) is 0 Å². The van der Waals surface area contributed by atoms with E-state index in [-0.39, 0.29) is 18.3 Å². The summed E-state index contributed by atoms with van der Waals surface area (Å²) in [4.78, 5) is 23.1. The molecule has 0 radical (unpaired) electrons. The summed E-state index contributed by atoms with van der Waals surface area (Å²) in [7, 11) is 1.32. The minimum atomic E-state index is -0.945. The molecule has 2 N–H and O–H groups in total. The molecule has 1 atom stereocenters. The molecule has 106 valence electrons. The van der Waals surface area contributed by atoms with E-state index in [4.69, 9.17) is 0 Å². The van der Waals surface area contributed by atoms with E-state index < -0.39 is 11.5 Å². The van der Waals surface area contributed by atoms with Crippen molar-refractivity contribution in [3.05, 3.63) is 0 Å². The van der Waals surface area contributed by atoms with E-state index >= 15 is 0 Å². The number of carbonyl (C=O) groups is 2. The highest BCUT2D eigenvalue weighted by Crippen LogP contribution is 2.14. The van der Waals surface area contributed by atoms with Crippen LogP contribution in [0.15, 0.2) is 0 Å². The normalized spacial score (nSPS) is 18.9. The van der Waals surface area contributed by atoms with E-state index in [1.165, 1.54) is 7.11 Å². The molecule has 0 aromatic heterocycles. The molecule has 0 spiro atoms. The Morgan fingerprint density at radius 2 is 2.11 bits per heavy atom. The van der Waals surface area contributed by atoms with Crippen LogP contribution in [0.2, 0.25) is 0 Å². The number of rotatable bonds is 5. The summed E-state index contributed by atoms with van der Waals surface area (Å²) >= 11 is 0. The third-order valence-electron chi connectivity index (χ3n) is 3.09. The minimum Gasteiger partial charge on any atom is -0.467 e. The highest BCUT2D eigenvalue weighted by molar-refractivity contribution is 5.87. The highest BCUT2D eigenvalue weighted by Gasteiger charge is 2.30. The van der Waals surface area contributed by atoms with Gasteiger partial charge in [-0.3, -0.25) is 4.79 Å². The Hall–Kier alpha value is -0.810. The zero-order valence-corrected chi connectivity index (χ0v) is 12.1. The fraction of sp³-hybridized carbons (Fsp3) is 0.833. The van der Waals surface area contributed by atoms with Crippen molar-refractivity contribution in [3.63, 3.8) is 0 Å². The molecule has 0 saturated carbocycles. The Balaban J connectivity index is 0.00000289. The molecule has 1 saturated heterocycles. The second-order valence-electron chi connectivity index (χ2n) is 5.06. The van der Waals surface area contributed by atoms with Crippen molar-refractivity contribution < 1.29 is 14.3 Å². The summed E-state index contributed by atoms with van der Waals surface area (Å²) in [5.41, 5.74) is -0.945. The van der Waals surface area contributed by atoms with E-state index in [1.54, 1.807) is 13.8 Å². The Morgan fingerprint density at radius 1 is 1.44 bits per heavy atom. The first-order valence-electron chi connectivity index (χ1n) is 6.06. The van der Waals surface area contributed by atoms with Crippen LogP contribution in [0.5, 0.6) is 0 Å². The van der Waals surface area contributed by atoms with Crippen LogP contribution >= 0.6 is 12.4 Å². The SMILES string of the molecule is COC(=O)C(C)(C)NC(=O)CCC1CCNC1.Cl. The quantitative estimate of drug-likeness (QED) is 0.732. The van der Waals surface area contributed by atoms with Crippen LogP contribution in [0.1, 0.15) is 33.1 Å². The molecule has 1 aliphatic rings. The average molecular weight is 279 g/mol. The lowest BCUT2D eigenvalue weighted by molar-refractivity contribution is -0.149. The first-order valence-corrected chi connectivity index (χ1v) is 6.06. The molecule has 1 amide bonds. The molecule has 0 aromatic carbocycles. The summed E-state index contributed by atoms with van der Waals surface area (Å²) in [6.45, 7) is 5.33. The van der Waals surface area contributed by atoms with E-state index in [2.05, 4.69) is 15.4 Å². The molecule has 1 unspecified atom stereocenters. The molecule has 5 nitrogen and oxygen atoms in total. The van der Waals surface area contributed by atoms with Crippen molar-refractivity contribution in [1.29, 1.82) is 0 Å². The van der Waals surface area contributed by atoms with E-state index in [1.807, 2.05) is 0 Å². The van der Waals surface area contributed by atoms with Crippen molar-refractivity contribution in [2.75, 3.05) is 20.2 Å². The van der Waals surface area contributed by atoms with Crippen LogP contribution < -0.4 is 10.6 Å². The topological polar surface area (TPSA) is 67.4 Å². The fourth-order valence-corrected chi connectivity index (χ4v) is 2.01. The van der Waals surface area contributed by atoms with Crippen LogP contribution in [0.4, 0.5) is 0 Å². The standard InChI is InChI=1S/C12H22N2O3.ClH/c1-12(2,11(16)17-3)14-10(15)5-4-9-6-7-13-8-9;/h9,13H,4-8H2,1-3H3,(H,14,15);1H. The van der Waals surface area contributed by atoms with Gasteiger partial charge >= 0.3 is 5.97 Å². The molecule has 0 aliphatic carbocycles. The number of carbonyl (C=O) groups excluding carboxylic acids is 2. The number of ether oxygens (including phenoxy) is 1. The van der Waals surface area contributed by atoms with Gasteiger partial charge in [-0.2, -0.15) is 0 Å². The Kier molecular flexibility index (Phi) is 7.25. The highest BCUT2D eigenvalue weighted by atomic mass is 35.5. The zero-order chi connectivity index (χ0) is 12.9. The molecule has 0 aromatic rings. The van der Waals surface area contributed by atoms with Crippen LogP contribution in [-0.2, 0) is 14.3 Å². The third kappa shape index (κ3) is 5.23. The van der Waals surface area contributed by atoms with E-state index in [0.717, 1.165) is 25.9 Å². The first-order chi connectivity index (χ1) is 7.95. The van der Waals surface area contributed by atoms with Gasteiger partial charge in [0.25, 0.3) is 0 Å². The zero-order valence-electron chi connectivity index (χ0n) is 11.2. The molecule has 0 bridgehead atoms. The van der Waals surface area contributed by atoms with Gasteiger partial charge in [0.1, 0.15) is 5.54 Å². The van der Waals surface area contributed by atoms with Gasteiger partial charge in [0.2, 0.25) is 5.91 Å². The second kappa shape index (κ2) is 7.59. The van der Waals surface area contributed by atoms with Crippen molar-refractivity contribution in [3.8, 4) is 0 Å². The summed E-state index contributed by atoms with van der Waals surface area (Å²) in [5, 5.41) is 5.96. The predicted octanol–water partition coefficient (Wildman–Crippen LogP) is 0.866. The van der Waals surface area contributed by atoms with E-state index in [9.17, 15) is 9.59 Å². The lowest BCUT2D eigenvalue weighted by Crippen LogP contribution is -2.50. The number of methoxy groups -OCH3 is 1. The van der Waals surface area contributed by atoms with Gasteiger partial charge in [0.15, 0.2) is 0 Å². The van der Waals surface area contributed by atoms with Crippen molar-refractivity contribution >= 4 is 24.3 Å². The van der Waals surface area contributed by atoms with Crippen LogP contribution in [0.25, 0.3) is 0 Å². The average Bonchev–Trinajstić information content (AvgIpc) is 2.77. The van der Waals surface area contributed by atoms with Crippen molar-refractivity contribution in [2.45, 2.75) is 38.6 Å². The van der Waals surface area contributed by atoms with E-state index in [0.29, 0.717) is 12.3 Å². The summed E-state index contributed by atoms with van der Waals surface area (Å²) in [6, 6.07) is 0. The number of esters is 1. The molecule has 6 heteroatoms. The first kappa shape index (κ1) is 17.2. The maximum Gasteiger partial charge on any atom is 0.330 e. The number of amides is 1. The summed E-state index contributed by atoms with van der Waals surface area (Å²) < 4.78 is 4.63. The van der Waals surface area contributed by atoms with Crippen molar-refractivity contribution in [1.82, 2.24) is 10.6 Å². The van der Waals surface area contributed by atoms with Crippen molar-refractivity contribution in [2.24, 2.45) is 5.92 Å². The molecule has 1 aliphatic heterocycles. The van der Waals surface area contributed by atoms with Gasteiger partial charge < -0.3 is 15.4 Å². The fourth-order valence-electron chi connectivity index (χ4n) is 2.01. The Labute approximate surface area is 114 Å². The molecule has 1 fully saturated rings. The molecular weight excluding hydrogens is 256 g/mol. The molecule has 1 rings (SSSR count). The molecular formula is C12H23ClN2O3. The minimum absolute atomic E-state index is 0. The van der Waals surface area contributed by atoms with Gasteiger partial charge in [0, 0.05) is 6.42 Å². The maximum absolute atomic E-state index is 11.7. The van der Waals surface area contributed by atoms with Gasteiger partial charge in [-0.15, -0.1) is 12.4 Å². The molecule has 1 heterocycles. The number of hydrogen-bond donors (Lipinski definition) is 2.